The van der Waals surface area contributed by atoms with Crippen molar-refractivity contribution >= 4 is 5.91 Å². The number of benzene rings is 1. The van der Waals surface area contributed by atoms with E-state index in [0.29, 0.717) is 6.42 Å². The predicted molar refractivity (Wildman–Crippen MR) is 78.4 cm³/mol. The standard InChI is InChI=1S/C16H25NO2/c1-4-5-6-8-13(2)17-16(18)12-14-9-7-10-15(11-14)19-3/h7,9-11,13H,4-6,8,12H2,1-3H3,(H,17,18). The van der Waals surface area contributed by atoms with Crippen molar-refractivity contribution < 1.29 is 9.53 Å². The van der Waals surface area contributed by atoms with Crippen molar-refractivity contribution in [1.29, 1.82) is 0 Å². The van der Waals surface area contributed by atoms with Crippen molar-refractivity contribution in [2.45, 2.75) is 52.0 Å². The molecule has 1 amide bonds. The number of carbonyl (C=O) groups excluding carboxylic acids is 1. The van der Waals surface area contributed by atoms with Crippen LogP contribution in [0.5, 0.6) is 5.75 Å². The van der Waals surface area contributed by atoms with E-state index >= 15 is 0 Å². The summed E-state index contributed by atoms with van der Waals surface area (Å²) < 4.78 is 5.15. The Bertz CT molecular complexity index is 390. The largest absolute Gasteiger partial charge is 0.497 e. The number of nitrogens with one attached hydrogen (secondary N) is 1. The molecule has 0 aliphatic heterocycles. The number of ether oxygens (including phenoxy) is 1. The third-order valence-electron chi connectivity index (χ3n) is 3.15. The van der Waals surface area contributed by atoms with Gasteiger partial charge in [-0.15, -0.1) is 0 Å². The number of methoxy groups -OCH3 is 1. The molecule has 0 fully saturated rings. The van der Waals surface area contributed by atoms with E-state index in [1.54, 1.807) is 7.11 Å². The van der Waals surface area contributed by atoms with Gasteiger partial charge in [0.05, 0.1) is 13.5 Å². The van der Waals surface area contributed by atoms with Gasteiger partial charge in [-0.2, -0.15) is 0 Å². The van der Waals surface area contributed by atoms with Gasteiger partial charge < -0.3 is 10.1 Å². The Balaban J connectivity index is 2.37. The van der Waals surface area contributed by atoms with Crippen LogP contribution in [-0.4, -0.2) is 19.1 Å². The Morgan fingerprint density at radius 2 is 2.16 bits per heavy atom. The molecule has 3 heteroatoms. The van der Waals surface area contributed by atoms with E-state index in [1.807, 2.05) is 24.3 Å². The highest BCUT2D eigenvalue weighted by molar-refractivity contribution is 5.78. The summed E-state index contributed by atoms with van der Waals surface area (Å²) in [6.45, 7) is 4.26. The van der Waals surface area contributed by atoms with E-state index in [1.165, 1.54) is 19.3 Å². The molecule has 3 nitrogen and oxygen atoms in total. The van der Waals surface area contributed by atoms with Crippen LogP contribution in [0.15, 0.2) is 24.3 Å². The molecule has 0 aliphatic rings. The average molecular weight is 263 g/mol. The molecule has 1 N–H and O–H groups in total. The lowest BCUT2D eigenvalue weighted by molar-refractivity contribution is -0.121. The van der Waals surface area contributed by atoms with Gasteiger partial charge in [0.1, 0.15) is 5.75 Å². The molecule has 0 aliphatic carbocycles. The molecule has 1 atom stereocenters. The molecule has 0 spiro atoms. The summed E-state index contributed by atoms with van der Waals surface area (Å²) in [7, 11) is 1.63. The maximum atomic E-state index is 11.9. The number of hydrogen-bond donors (Lipinski definition) is 1. The van der Waals surface area contributed by atoms with Crippen LogP contribution in [0.1, 0.15) is 45.1 Å². The summed E-state index contributed by atoms with van der Waals surface area (Å²) in [5, 5.41) is 3.04. The van der Waals surface area contributed by atoms with Crippen molar-refractivity contribution in [1.82, 2.24) is 5.32 Å². The maximum Gasteiger partial charge on any atom is 0.224 e. The quantitative estimate of drug-likeness (QED) is 0.731. The van der Waals surface area contributed by atoms with Gasteiger partial charge in [-0.3, -0.25) is 4.79 Å². The van der Waals surface area contributed by atoms with E-state index in [9.17, 15) is 4.79 Å². The highest BCUT2D eigenvalue weighted by atomic mass is 16.5. The molecule has 1 aromatic carbocycles. The van der Waals surface area contributed by atoms with Crippen LogP contribution in [0.3, 0.4) is 0 Å². The van der Waals surface area contributed by atoms with Gasteiger partial charge in [0, 0.05) is 6.04 Å². The van der Waals surface area contributed by atoms with Crippen molar-refractivity contribution in [3.63, 3.8) is 0 Å². The fourth-order valence-electron chi connectivity index (χ4n) is 2.07. The Labute approximate surface area is 116 Å². The van der Waals surface area contributed by atoms with Crippen LogP contribution >= 0.6 is 0 Å². The third kappa shape index (κ3) is 6.27. The molecule has 0 aromatic heterocycles. The zero-order chi connectivity index (χ0) is 14.1. The molecule has 0 heterocycles. The Morgan fingerprint density at radius 1 is 1.37 bits per heavy atom. The molecular weight excluding hydrogens is 238 g/mol. The van der Waals surface area contributed by atoms with Gasteiger partial charge in [0.2, 0.25) is 5.91 Å². The maximum absolute atomic E-state index is 11.9. The van der Waals surface area contributed by atoms with Crippen LogP contribution in [-0.2, 0) is 11.2 Å². The van der Waals surface area contributed by atoms with E-state index in [-0.39, 0.29) is 11.9 Å². The molecular formula is C16H25NO2. The highest BCUT2D eigenvalue weighted by Gasteiger charge is 2.08. The summed E-state index contributed by atoms with van der Waals surface area (Å²) in [5.41, 5.74) is 0.984. The predicted octanol–water partition coefficient (Wildman–Crippen LogP) is 3.32. The summed E-state index contributed by atoms with van der Waals surface area (Å²) in [6, 6.07) is 7.90. The zero-order valence-electron chi connectivity index (χ0n) is 12.2. The van der Waals surface area contributed by atoms with Gasteiger partial charge >= 0.3 is 0 Å². The lowest BCUT2D eigenvalue weighted by Crippen LogP contribution is -2.33. The first kappa shape index (κ1) is 15.5. The summed E-state index contributed by atoms with van der Waals surface area (Å²) in [6.07, 6.45) is 5.09. The normalized spacial score (nSPS) is 11.9. The van der Waals surface area contributed by atoms with Crippen LogP contribution in [0.25, 0.3) is 0 Å². The molecule has 106 valence electrons. The number of amides is 1. The average Bonchev–Trinajstić information content (AvgIpc) is 2.39. The molecule has 1 rings (SSSR count). The first-order chi connectivity index (χ1) is 9.15. The van der Waals surface area contributed by atoms with Gasteiger partial charge in [-0.05, 0) is 31.0 Å². The lowest BCUT2D eigenvalue weighted by Gasteiger charge is -2.13. The minimum Gasteiger partial charge on any atom is -0.497 e. The third-order valence-corrected chi connectivity index (χ3v) is 3.15. The molecule has 0 radical (unpaired) electrons. The number of unbranched alkanes of at least 4 members (excludes halogenated alkanes) is 2. The Kier molecular flexibility index (Phi) is 7.01. The fraction of sp³-hybridized carbons (Fsp3) is 0.562. The molecule has 1 unspecified atom stereocenters. The Hall–Kier alpha value is -1.51. The minimum absolute atomic E-state index is 0.0808. The topological polar surface area (TPSA) is 38.3 Å². The summed E-state index contributed by atoms with van der Waals surface area (Å²) in [4.78, 5) is 11.9. The second kappa shape index (κ2) is 8.57. The van der Waals surface area contributed by atoms with Gasteiger partial charge in [-0.25, -0.2) is 0 Å². The highest BCUT2D eigenvalue weighted by Crippen LogP contribution is 2.13. The van der Waals surface area contributed by atoms with Crippen molar-refractivity contribution in [2.75, 3.05) is 7.11 Å². The van der Waals surface area contributed by atoms with Crippen molar-refractivity contribution in [3.8, 4) is 5.75 Å². The summed E-state index contributed by atoms with van der Waals surface area (Å²) >= 11 is 0. The first-order valence-corrected chi connectivity index (χ1v) is 7.08. The fourth-order valence-corrected chi connectivity index (χ4v) is 2.07. The molecule has 1 aromatic rings. The first-order valence-electron chi connectivity index (χ1n) is 7.08. The zero-order valence-corrected chi connectivity index (χ0v) is 12.2. The van der Waals surface area contributed by atoms with Crippen LogP contribution in [0.2, 0.25) is 0 Å². The van der Waals surface area contributed by atoms with Gasteiger partial charge in [0.15, 0.2) is 0 Å². The van der Waals surface area contributed by atoms with Gasteiger partial charge in [-0.1, -0.05) is 38.3 Å². The van der Waals surface area contributed by atoms with Crippen molar-refractivity contribution in [2.24, 2.45) is 0 Å². The second-order valence-corrected chi connectivity index (χ2v) is 4.99. The van der Waals surface area contributed by atoms with E-state index in [4.69, 9.17) is 4.74 Å². The minimum atomic E-state index is 0.0808. The number of rotatable bonds is 8. The lowest BCUT2D eigenvalue weighted by atomic mass is 10.1. The van der Waals surface area contributed by atoms with Crippen LogP contribution in [0, 0.1) is 0 Å². The molecule has 19 heavy (non-hydrogen) atoms. The van der Waals surface area contributed by atoms with Crippen LogP contribution < -0.4 is 10.1 Å². The molecule has 0 saturated heterocycles. The number of hydrogen-bond acceptors (Lipinski definition) is 2. The van der Waals surface area contributed by atoms with E-state index < -0.39 is 0 Å². The SMILES string of the molecule is CCCCCC(C)NC(=O)Cc1cccc(OC)c1. The summed E-state index contributed by atoms with van der Waals surface area (Å²) in [5.74, 6) is 0.874. The molecule has 0 saturated carbocycles. The monoisotopic (exact) mass is 263 g/mol. The van der Waals surface area contributed by atoms with Crippen LogP contribution in [0.4, 0.5) is 0 Å². The van der Waals surface area contributed by atoms with E-state index in [0.717, 1.165) is 17.7 Å². The Morgan fingerprint density at radius 3 is 2.84 bits per heavy atom. The second-order valence-electron chi connectivity index (χ2n) is 4.99. The van der Waals surface area contributed by atoms with Crippen molar-refractivity contribution in [3.05, 3.63) is 29.8 Å². The molecule has 0 bridgehead atoms. The number of carbonyl (C=O) groups is 1. The van der Waals surface area contributed by atoms with E-state index in [2.05, 4.69) is 19.2 Å². The smallest absolute Gasteiger partial charge is 0.224 e. The van der Waals surface area contributed by atoms with Gasteiger partial charge in [0.25, 0.3) is 0 Å².